The average Bonchev–Trinajstić information content (AvgIpc) is 2.73. The molecule has 104 valence electrons. The molecule has 0 saturated carbocycles. The molecule has 0 amide bonds. The van der Waals surface area contributed by atoms with Crippen LogP contribution in [0.15, 0.2) is 16.5 Å². The molecule has 0 bridgehead atoms. The van der Waals surface area contributed by atoms with Crippen molar-refractivity contribution in [3.63, 3.8) is 0 Å². The van der Waals surface area contributed by atoms with E-state index in [9.17, 15) is 0 Å². The van der Waals surface area contributed by atoms with Crippen LogP contribution in [0.5, 0.6) is 0 Å². The molecule has 2 nitrogen and oxygen atoms in total. The Kier molecular flexibility index (Phi) is 5.94. The first-order valence-corrected chi connectivity index (χ1v) is 7.24. The molecule has 18 heavy (non-hydrogen) atoms. The van der Waals surface area contributed by atoms with E-state index in [1.54, 1.807) is 0 Å². The highest BCUT2D eigenvalue weighted by Crippen LogP contribution is 2.24. The smallest absolute Gasteiger partial charge is 0.120 e. The van der Waals surface area contributed by atoms with Gasteiger partial charge in [0.05, 0.1) is 6.04 Å². The van der Waals surface area contributed by atoms with Crippen molar-refractivity contribution in [1.29, 1.82) is 0 Å². The Hall–Kier alpha value is -0.760. The summed E-state index contributed by atoms with van der Waals surface area (Å²) in [4.78, 5) is 0. The summed E-state index contributed by atoms with van der Waals surface area (Å²) >= 11 is 0. The Morgan fingerprint density at radius 2 is 2.00 bits per heavy atom. The van der Waals surface area contributed by atoms with Gasteiger partial charge < -0.3 is 9.73 Å². The lowest BCUT2D eigenvalue weighted by Gasteiger charge is -2.26. The fourth-order valence-electron chi connectivity index (χ4n) is 2.16. The van der Waals surface area contributed by atoms with Gasteiger partial charge in [-0.3, -0.25) is 0 Å². The van der Waals surface area contributed by atoms with E-state index in [0.717, 1.165) is 18.1 Å². The summed E-state index contributed by atoms with van der Waals surface area (Å²) in [6.07, 6.45) is 5.26. The predicted octanol–water partition coefficient (Wildman–Crippen LogP) is 4.85. The zero-order valence-electron chi connectivity index (χ0n) is 12.7. The summed E-state index contributed by atoms with van der Waals surface area (Å²) in [5, 5.41) is 3.59. The van der Waals surface area contributed by atoms with E-state index in [1.165, 1.54) is 25.7 Å². The molecule has 0 spiro atoms. The number of hydrogen-bond acceptors (Lipinski definition) is 2. The zero-order chi connectivity index (χ0) is 13.6. The van der Waals surface area contributed by atoms with Gasteiger partial charge in [0.1, 0.15) is 11.5 Å². The molecule has 0 fully saturated rings. The number of rotatable bonds is 8. The van der Waals surface area contributed by atoms with Gasteiger partial charge in [0.2, 0.25) is 0 Å². The van der Waals surface area contributed by atoms with Gasteiger partial charge in [0.25, 0.3) is 0 Å². The molecule has 1 rings (SSSR count). The first kappa shape index (κ1) is 15.3. The third kappa shape index (κ3) is 5.26. The van der Waals surface area contributed by atoms with Gasteiger partial charge in [-0.2, -0.15) is 0 Å². The highest BCUT2D eigenvalue weighted by molar-refractivity contribution is 5.08. The third-order valence-corrected chi connectivity index (χ3v) is 3.53. The Morgan fingerprint density at radius 3 is 2.56 bits per heavy atom. The molecular formula is C16H29NO. The molecule has 1 aromatic heterocycles. The molecule has 1 unspecified atom stereocenters. The third-order valence-electron chi connectivity index (χ3n) is 3.53. The number of furan rings is 1. The molecule has 1 aromatic rings. The van der Waals surface area contributed by atoms with Gasteiger partial charge in [-0.25, -0.2) is 0 Å². The van der Waals surface area contributed by atoms with Crippen LogP contribution in [-0.4, -0.2) is 6.54 Å². The van der Waals surface area contributed by atoms with Crippen LogP contribution in [-0.2, 0) is 0 Å². The van der Waals surface area contributed by atoms with Crippen molar-refractivity contribution >= 4 is 0 Å². The van der Waals surface area contributed by atoms with Crippen LogP contribution in [0.25, 0.3) is 0 Å². The molecule has 1 N–H and O–H groups in total. The van der Waals surface area contributed by atoms with Crippen LogP contribution >= 0.6 is 0 Å². The van der Waals surface area contributed by atoms with E-state index in [1.807, 2.05) is 13.0 Å². The van der Waals surface area contributed by atoms with Crippen molar-refractivity contribution in [3.05, 3.63) is 23.7 Å². The monoisotopic (exact) mass is 251 g/mol. The van der Waals surface area contributed by atoms with Gasteiger partial charge in [-0.05, 0) is 37.8 Å². The van der Waals surface area contributed by atoms with Crippen molar-refractivity contribution in [2.75, 3.05) is 6.54 Å². The standard InChI is InChI=1S/C16H29NO/c1-6-7-8-11-16(4,5)12-17-14(3)15-10-9-13(2)18-15/h9-10,14,17H,6-8,11-12H2,1-5H3. The molecule has 0 aliphatic carbocycles. The van der Waals surface area contributed by atoms with Gasteiger partial charge in [-0.15, -0.1) is 0 Å². The van der Waals surface area contributed by atoms with Crippen molar-refractivity contribution in [3.8, 4) is 0 Å². The summed E-state index contributed by atoms with van der Waals surface area (Å²) in [6.45, 7) is 12.1. The van der Waals surface area contributed by atoms with E-state index < -0.39 is 0 Å². The predicted molar refractivity (Wildman–Crippen MR) is 77.8 cm³/mol. The summed E-state index contributed by atoms with van der Waals surface area (Å²) in [5.41, 5.74) is 0.366. The lowest BCUT2D eigenvalue weighted by Crippen LogP contribution is -2.31. The first-order valence-electron chi connectivity index (χ1n) is 7.24. The van der Waals surface area contributed by atoms with Crippen LogP contribution in [0.2, 0.25) is 0 Å². The van der Waals surface area contributed by atoms with Gasteiger partial charge in [0.15, 0.2) is 0 Å². The molecule has 0 saturated heterocycles. The van der Waals surface area contributed by atoms with Gasteiger partial charge >= 0.3 is 0 Å². The lowest BCUT2D eigenvalue weighted by molar-refractivity contribution is 0.281. The summed E-state index contributed by atoms with van der Waals surface area (Å²) < 4.78 is 5.65. The number of aryl methyl sites for hydroxylation is 1. The second-order valence-electron chi connectivity index (χ2n) is 6.17. The van der Waals surface area contributed by atoms with Crippen LogP contribution < -0.4 is 5.32 Å². The van der Waals surface area contributed by atoms with Crippen LogP contribution in [0.1, 0.15) is 70.9 Å². The number of hydrogen-bond donors (Lipinski definition) is 1. The van der Waals surface area contributed by atoms with Gasteiger partial charge in [-0.1, -0.05) is 40.0 Å². The summed E-state index contributed by atoms with van der Waals surface area (Å²) in [7, 11) is 0. The molecule has 0 aliphatic rings. The highest BCUT2D eigenvalue weighted by Gasteiger charge is 2.19. The second-order valence-corrected chi connectivity index (χ2v) is 6.17. The topological polar surface area (TPSA) is 25.2 Å². The Bertz CT molecular complexity index is 341. The maximum absolute atomic E-state index is 5.65. The van der Waals surface area contributed by atoms with Gasteiger partial charge in [0, 0.05) is 6.54 Å². The Labute approximate surface area is 112 Å². The molecule has 0 aliphatic heterocycles. The Balaban J connectivity index is 2.34. The molecule has 2 heteroatoms. The maximum Gasteiger partial charge on any atom is 0.120 e. The van der Waals surface area contributed by atoms with Crippen molar-refractivity contribution in [2.45, 2.75) is 66.3 Å². The van der Waals surface area contributed by atoms with Crippen LogP contribution in [0, 0.1) is 12.3 Å². The van der Waals surface area contributed by atoms with Crippen molar-refractivity contribution in [2.24, 2.45) is 5.41 Å². The van der Waals surface area contributed by atoms with E-state index in [-0.39, 0.29) is 0 Å². The number of unbranched alkanes of at least 4 members (excludes halogenated alkanes) is 2. The lowest BCUT2D eigenvalue weighted by atomic mass is 9.86. The normalized spacial score (nSPS) is 13.8. The molecule has 1 heterocycles. The minimum Gasteiger partial charge on any atom is -0.465 e. The fourth-order valence-corrected chi connectivity index (χ4v) is 2.16. The maximum atomic E-state index is 5.65. The minimum atomic E-state index is 0.296. The first-order chi connectivity index (χ1) is 8.44. The van der Waals surface area contributed by atoms with E-state index in [0.29, 0.717) is 11.5 Å². The highest BCUT2D eigenvalue weighted by atomic mass is 16.3. The summed E-state index contributed by atoms with van der Waals surface area (Å²) in [6, 6.07) is 4.39. The van der Waals surface area contributed by atoms with E-state index >= 15 is 0 Å². The Morgan fingerprint density at radius 1 is 1.28 bits per heavy atom. The summed E-state index contributed by atoms with van der Waals surface area (Å²) in [5.74, 6) is 2.03. The molecule has 1 atom stereocenters. The molecule has 0 aromatic carbocycles. The molecular weight excluding hydrogens is 222 g/mol. The second kappa shape index (κ2) is 6.98. The average molecular weight is 251 g/mol. The van der Waals surface area contributed by atoms with Crippen molar-refractivity contribution < 1.29 is 4.42 Å². The largest absolute Gasteiger partial charge is 0.465 e. The minimum absolute atomic E-state index is 0.296. The van der Waals surface area contributed by atoms with Crippen LogP contribution in [0.3, 0.4) is 0 Å². The zero-order valence-corrected chi connectivity index (χ0v) is 12.7. The van der Waals surface area contributed by atoms with E-state index in [2.05, 4.69) is 39.1 Å². The quantitative estimate of drug-likeness (QED) is 0.668. The number of nitrogens with one attached hydrogen (secondary N) is 1. The molecule has 0 radical (unpaired) electrons. The SMILES string of the molecule is CCCCCC(C)(C)CNC(C)c1ccc(C)o1. The fraction of sp³-hybridized carbons (Fsp3) is 0.750. The van der Waals surface area contributed by atoms with Crippen LogP contribution in [0.4, 0.5) is 0 Å². The van der Waals surface area contributed by atoms with Crippen molar-refractivity contribution in [1.82, 2.24) is 5.32 Å². The van der Waals surface area contributed by atoms with E-state index in [4.69, 9.17) is 4.42 Å².